The summed E-state index contributed by atoms with van der Waals surface area (Å²) in [6.07, 6.45) is 7.30. The zero-order valence-corrected chi connectivity index (χ0v) is 9.29. The third-order valence-electron chi connectivity index (χ3n) is 2.62. The minimum absolute atomic E-state index is 1.22. The van der Waals surface area contributed by atoms with Crippen LogP contribution in [0.1, 0.15) is 38.7 Å². The molecule has 0 aliphatic heterocycles. The van der Waals surface area contributed by atoms with Crippen molar-refractivity contribution < 1.29 is 0 Å². The van der Waals surface area contributed by atoms with Crippen molar-refractivity contribution in [1.82, 2.24) is 0 Å². The van der Waals surface area contributed by atoms with Gasteiger partial charge in [0.15, 0.2) is 0 Å². The van der Waals surface area contributed by atoms with E-state index in [0.29, 0.717) is 0 Å². The van der Waals surface area contributed by atoms with Gasteiger partial charge in [-0.1, -0.05) is 42.0 Å². The molecule has 1 aromatic rings. The Labute approximate surface area is 87.7 Å². The summed E-state index contributed by atoms with van der Waals surface area (Å²) in [5, 5.41) is 0. The van der Waals surface area contributed by atoms with Gasteiger partial charge in [-0.3, -0.25) is 0 Å². The van der Waals surface area contributed by atoms with Crippen LogP contribution < -0.4 is 0 Å². The van der Waals surface area contributed by atoms with Gasteiger partial charge in [0.25, 0.3) is 0 Å². The predicted octanol–water partition coefficient (Wildman–Crippen LogP) is 4.37. The van der Waals surface area contributed by atoms with Crippen LogP contribution in [-0.2, 0) is 6.42 Å². The molecule has 0 heteroatoms. The van der Waals surface area contributed by atoms with Crippen LogP contribution in [0.4, 0.5) is 0 Å². The van der Waals surface area contributed by atoms with Crippen molar-refractivity contribution in [2.75, 3.05) is 0 Å². The molecular formula is C14H20. The van der Waals surface area contributed by atoms with E-state index in [2.05, 4.69) is 50.3 Å². The van der Waals surface area contributed by atoms with Gasteiger partial charge < -0.3 is 0 Å². The molecule has 0 fully saturated rings. The largest absolute Gasteiger partial charge is 0.0887 e. The number of aryl methyl sites for hydroxylation is 1. The molecule has 0 bridgehead atoms. The van der Waals surface area contributed by atoms with Gasteiger partial charge >= 0.3 is 0 Å². The topological polar surface area (TPSA) is 0 Å². The Balaban J connectivity index is 2.17. The fraction of sp³-hybridized carbons (Fsp3) is 0.429. The molecule has 0 heterocycles. The first-order valence-corrected chi connectivity index (χ1v) is 5.48. The van der Waals surface area contributed by atoms with E-state index in [4.69, 9.17) is 0 Å². The van der Waals surface area contributed by atoms with Gasteiger partial charge in [-0.15, -0.1) is 0 Å². The van der Waals surface area contributed by atoms with E-state index < -0.39 is 0 Å². The monoisotopic (exact) mass is 188 g/mol. The van der Waals surface area contributed by atoms with Gasteiger partial charge in [0.2, 0.25) is 0 Å². The zero-order valence-electron chi connectivity index (χ0n) is 9.29. The molecule has 0 unspecified atom stereocenters. The minimum Gasteiger partial charge on any atom is -0.0887 e. The van der Waals surface area contributed by atoms with Crippen molar-refractivity contribution >= 4 is 0 Å². The highest BCUT2D eigenvalue weighted by Crippen LogP contribution is 2.10. The number of unbranched alkanes of at least 4 members (excludes halogenated alkanes) is 1. The second-order valence-corrected chi connectivity index (χ2v) is 3.83. The summed E-state index contributed by atoms with van der Waals surface area (Å²) in [4.78, 5) is 0. The molecule has 0 spiro atoms. The van der Waals surface area contributed by atoms with Gasteiger partial charge in [-0.2, -0.15) is 0 Å². The van der Waals surface area contributed by atoms with E-state index in [9.17, 15) is 0 Å². The Morgan fingerprint density at radius 2 is 1.86 bits per heavy atom. The lowest BCUT2D eigenvalue weighted by Crippen LogP contribution is -1.85. The van der Waals surface area contributed by atoms with E-state index in [-0.39, 0.29) is 0 Å². The number of rotatable bonds is 5. The van der Waals surface area contributed by atoms with Crippen molar-refractivity contribution in [1.29, 1.82) is 0 Å². The highest BCUT2D eigenvalue weighted by Gasteiger charge is 1.93. The molecule has 0 aliphatic carbocycles. The smallest absolute Gasteiger partial charge is 0.0279 e. The minimum atomic E-state index is 1.22. The molecule has 1 aromatic carbocycles. The Morgan fingerprint density at radius 3 is 2.50 bits per heavy atom. The first kappa shape index (κ1) is 11.0. The molecular weight excluding hydrogens is 168 g/mol. The lowest BCUT2D eigenvalue weighted by atomic mass is 10.0. The Kier molecular flexibility index (Phi) is 5.06. The third-order valence-corrected chi connectivity index (χ3v) is 2.62. The van der Waals surface area contributed by atoms with E-state index >= 15 is 0 Å². The van der Waals surface area contributed by atoms with Crippen LogP contribution in [0.3, 0.4) is 0 Å². The molecule has 0 atom stereocenters. The van der Waals surface area contributed by atoms with Crippen molar-refractivity contribution in [3.8, 4) is 0 Å². The number of hydrogen-bond acceptors (Lipinski definition) is 0. The van der Waals surface area contributed by atoms with Gasteiger partial charge in [-0.05, 0) is 45.1 Å². The Hall–Kier alpha value is -1.04. The Morgan fingerprint density at radius 1 is 1.14 bits per heavy atom. The van der Waals surface area contributed by atoms with Crippen LogP contribution in [0.5, 0.6) is 0 Å². The fourth-order valence-corrected chi connectivity index (χ4v) is 1.52. The second-order valence-electron chi connectivity index (χ2n) is 3.83. The molecule has 0 radical (unpaired) electrons. The quantitative estimate of drug-likeness (QED) is 0.475. The van der Waals surface area contributed by atoms with E-state index in [0.717, 1.165) is 0 Å². The van der Waals surface area contributed by atoms with Crippen molar-refractivity contribution in [2.45, 2.75) is 39.5 Å². The first-order chi connectivity index (χ1) is 6.83. The fourth-order valence-electron chi connectivity index (χ4n) is 1.52. The lowest BCUT2D eigenvalue weighted by molar-refractivity contribution is 0.729. The van der Waals surface area contributed by atoms with Crippen LogP contribution in [0.15, 0.2) is 42.0 Å². The number of hydrogen-bond donors (Lipinski definition) is 0. The first-order valence-electron chi connectivity index (χ1n) is 5.48. The van der Waals surface area contributed by atoms with Gasteiger partial charge in [-0.25, -0.2) is 0 Å². The molecule has 0 saturated carbocycles. The zero-order chi connectivity index (χ0) is 10.2. The van der Waals surface area contributed by atoms with E-state index in [1.165, 1.54) is 36.8 Å². The molecule has 76 valence electrons. The van der Waals surface area contributed by atoms with Crippen LogP contribution in [0, 0.1) is 0 Å². The van der Waals surface area contributed by atoms with E-state index in [1.54, 1.807) is 0 Å². The maximum absolute atomic E-state index is 2.21. The summed E-state index contributed by atoms with van der Waals surface area (Å²) in [5.74, 6) is 0. The number of benzene rings is 1. The second kappa shape index (κ2) is 6.42. The number of allylic oxidation sites excluding steroid dienone is 2. The van der Waals surface area contributed by atoms with Crippen molar-refractivity contribution in [3.63, 3.8) is 0 Å². The average Bonchev–Trinajstić information content (AvgIpc) is 2.25. The molecule has 0 aliphatic rings. The Bertz CT molecular complexity index is 269. The summed E-state index contributed by atoms with van der Waals surface area (Å²) in [5.41, 5.74) is 2.98. The van der Waals surface area contributed by atoms with Gasteiger partial charge in [0, 0.05) is 0 Å². The van der Waals surface area contributed by atoms with Crippen LogP contribution in [-0.4, -0.2) is 0 Å². The molecule has 0 N–H and O–H groups in total. The highest BCUT2D eigenvalue weighted by molar-refractivity contribution is 5.14. The molecule has 0 aromatic heterocycles. The molecule has 1 rings (SSSR count). The van der Waals surface area contributed by atoms with Gasteiger partial charge in [0.05, 0.1) is 0 Å². The van der Waals surface area contributed by atoms with Crippen LogP contribution in [0.25, 0.3) is 0 Å². The molecule has 0 saturated heterocycles. The average molecular weight is 188 g/mol. The summed E-state index contributed by atoms with van der Waals surface area (Å²) < 4.78 is 0. The SMILES string of the molecule is CC=C(C)CCCCc1ccccc1. The van der Waals surface area contributed by atoms with Crippen molar-refractivity contribution in [2.24, 2.45) is 0 Å². The maximum Gasteiger partial charge on any atom is -0.0279 e. The summed E-state index contributed by atoms with van der Waals surface area (Å²) in [6.45, 7) is 4.33. The summed E-state index contributed by atoms with van der Waals surface area (Å²) in [7, 11) is 0. The van der Waals surface area contributed by atoms with E-state index in [1.807, 2.05) is 0 Å². The molecule has 0 nitrogen and oxygen atoms in total. The predicted molar refractivity (Wildman–Crippen MR) is 63.4 cm³/mol. The standard InChI is InChI=1S/C14H20/c1-3-13(2)9-7-8-12-14-10-5-4-6-11-14/h3-6,10-11H,7-9,12H2,1-2H3. The maximum atomic E-state index is 2.21. The van der Waals surface area contributed by atoms with Crippen LogP contribution in [0.2, 0.25) is 0 Å². The molecule has 0 amide bonds. The highest BCUT2D eigenvalue weighted by atomic mass is 14.0. The van der Waals surface area contributed by atoms with Crippen molar-refractivity contribution in [3.05, 3.63) is 47.5 Å². The lowest BCUT2D eigenvalue weighted by Gasteiger charge is -2.01. The van der Waals surface area contributed by atoms with Crippen LogP contribution >= 0.6 is 0 Å². The molecule has 14 heavy (non-hydrogen) atoms. The normalized spacial score (nSPS) is 11.7. The van der Waals surface area contributed by atoms with Gasteiger partial charge in [0.1, 0.15) is 0 Å². The third kappa shape index (κ3) is 4.27. The summed E-state index contributed by atoms with van der Waals surface area (Å²) >= 11 is 0. The summed E-state index contributed by atoms with van der Waals surface area (Å²) in [6, 6.07) is 10.7.